The van der Waals surface area contributed by atoms with Crippen LogP contribution in [-0.4, -0.2) is 51.0 Å². The molecule has 0 saturated carbocycles. The highest BCUT2D eigenvalue weighted by molar-refractivity contribution is 5.76. The van der Waals surface area contributed by atoms with Gasteiger partial charge in [-0.3, -0.25) is 4.79 Å². The van der Waals surface area contributed by atoms with Crippen LogP contribution >= 0.6 is 0 Å². The van der Waals surface area contributed by atoms with Crippen LogP contribution in [0.2, 0.25) is 0 Å². The third-order valence-electron chi connectivity index (χ3n) is 2.98. The van der Waals surface area contributed by atoms with Gasteiger partial charge in [0.15, 0.2) is 0 Å². The van der Waals surface area contributed by atoms with Gasteiger partial charge in [-0.1, -0.05) is 0 Å². The number of morpholine rings is 1. The Morgan fingerprint density at radius 2 is 2.38 bits per heavy atom. The van der Waals surface area contributed by atoms with Crippen LogP contribution in [0, 0.1) is 0 Å². The Morgan fingerprint density at radius 1 is 1.44 bits per heavy atom. The second kappa shape index (κ2) is 6.18. The van der Waals surface area contributed by atoms with Crippen molar-refractivity contribution < 1.29 is 14.3 Å². The monoisotopic (exact) mass is 228 g/mol. The van der Waals surface area contributed by atoms with Gasteiger partial charge in [0.05, 0.1) is 19.3 Å². The van der Waals surface area contributed by atoms with Crippen LogP contribution in [0.15, 0.2) is 0 Å². The van der Waals surface area contributed by atoms with Crippen LogP contribution in [0.3, 0.4) is 0 Å². The highest BCUT2D eigenvalue weighted by Crippen LogP contribution is 2.10. The van der Waals surface area contributed by atoms with Gasteiger partial charge in [-0.2, -0.15) is 0 Å². The number of amides is 1. The molecule has 2 N–H and O–H groups in total. The number of hydrogen-bond acceptors (Lipinski definition) is 4. The van der Waals surface area contributed by atoms with Crippen LogP contribution in [0.25, 0.3) is 0 Å². The van der Waals surface area contributed by atoms with Gasteiger partial charge in [-0.25, -0.2) is 0 Å². The first kappa shape index (κ1) is 11.8. The average Bonchev–Trinajstić information content (AvgIpc) is 2.81. The predicted molar refractivity (Wildman–Crippen MR) is 59.2 cm³/mol. The van der Waals surface area contributed by atoms with Crippen molar-refractivity contribution in [3.8, 4) is 0 Å². The summed E-state index contributed by atoms with van der Waals surface area (Å²) in [6.45, 7) is 3.69. The molecular weight excluding hydrogens is 208 g/mol. The SMILES string of the molecule is O=C(CC1COCCN1)NCC1CCCO1. The van der Waals surface area contributed by atoms with Crippen LogP contribution in [0.1, 0.15) is 19.3 Å². The minimum absolute atomic E-state index is 0.0819. The van der Waals surface area contributed by atoms with Crippen molar-refractivity contribution in [2.75, 3.05) is 32.9 Å². The van der Waals surface area contributed by atoms with Gasteiger partial charge in [0, 0.05) is 32.2 Å². The summed E-state index contributed by atoms with van der Waals surface area (Å²) < 4.78 is 10.7. The van der Waals surface area contributed by atoms with E-state index in [1.54, 1.807) is 0 Å². The first-order valence-corrected chi connectivity index (χ1v) is 6.04. The molecule has 5 heteroatoms. The molecule has 0 aliphatic carbocycles. The molecule has 0 aromatic heterocycles. The molecule has 92 valence electrons. The number of rotatable bonds is 4. The van der Waals surface area contributed by atoms with Gasteiger partial charge < -0.3 is 20.1 Å². The van der Waals surface area contributed by atoms with Crippen molar-refractivity contribution in [3.05, 3.63) is 0 Å². The molecule has 0 radical (unpaired) electrons. The molecule has 2 heterocycles. The van der Waals surface area contributed by atoms with Gasteiger partial charge in [-0.05, 0) is 12.8 Å². The van der Waals surface area contributed by atoms with Gasteiger partial charge >= 0.3 is 0 Å². The Balaban J connectivity index is 1.59. The minimum atomic E-state index is 0.0819. The molecule has 0 aromatic carbocycles. The molecule has 2 aliphatic rings. The Kier molecular flexibility index (Phi) is 4.56. The van der Waals surface area contributed by atoms with Crippen molar-refractivity contribution >= 4 is 5.91 Å². The standard InChI is InChI=1S/C11H20N2O3/c14-11(6-9-8-15-5-3-12-9)13-7-10-2-1-4-16-10/h9-10,12H,1-8H2,(H,13,14). The Morgan fingerprint density at radius 3 is 3.06 bits per heavy atom. The minimum Gasteiger partial charge on any atom is -0.378 e. The molecule has 2 fully saturated rings. The number of ether oxygens (including phenoxy) is 2. The number of carbonyl (C=O) groups excluding carboxylic acids is 1. The molecule has 2 atom stereocenters. The molecular formula is C11H20N2O3. The molecule has 0 aromatic rings. The highest BCUT2D eigenvalue weighted by Gasteiger charge is 2.19. The van der Waals surface area contributed by atoms with E-state index < -0.39 is 0 Å². The van der Waals surface area contributed by atoms with Crippen LogP contribution in [-0.2, 0) is 14.3 Å². The van der Waals surface area contributed by atoms with Crippen molar-refractivity contribution in [2.45, 2.75) is 31.4 Å². The van der Waals surface area contributed by atoms with Crippen LogP contribution in [0.4, 0.5) is 0 Å². The third kappa shape index (κ3) is 3.73. The topological polar surface area (TPSA) is 59.6 Å². The average molecular weight is 228 g/mol. The summed E-state index contributed by atoms with van der Waals surface area (Å²) in [5.74, 6) is 0.0819. The van der Waals surface area contributed by atoms with Gasteiger partial charge in [0.1, 0.15) is 0 Å². The second-order valence-electron chi connectivity index (χ2n) is 4.37. The zero-order valence-corrected chi connectivity index (χ0v) is 9.54. The maximum absolute atomic E-state index is 11.6. The molecule has 5 nitrogen and oxygen atoms in total. The van der Waals surface area contributed by atoms with Crippen molar-refractivity contribution in [3.63, 3.8) is 0 Å². The maximum Gasteiger partial charge on any atom is 0.221 e. The zero-order valence-electron chi connectivity index (χ0n) is 9.54. The van der Waals surface area contributed by atoms with Gasteiger partial charge in [0.2, 0.25) is 5.91 Å². The van der Waals surface area contributed by atoms with Crippen LogP contribution in [0.5, 0.6) is 0 Å². The Bertz CT molecular complexity index is 223. The van der Waals surface area contributed by atoms with Gasteiger partial charge in [0.25, 0.3) is 0 Å². The van der Waals surface area contributed by atoms with E-state index in [-0.39, 0.29) is 18.1 Å². The summed E-state index contributed by atoms with van der Waals surface area (Å²) in [5.41, 5.74) is 0. The molecule has 2 rings (SSSR count). The molecule has 2 aliphatic heterocycles. The van der Waals surface area contributed by atoms with E-state index in [0.29, 0.717) is 19.6 Å². The van der Waals surface area contributed by atoms with E-state index in [4.69, 9.17) is 9.47 Å². The number of hydrogen-bond donors (Lipinski definition) is 2. The van der Waals surface area contributed by atoms with E-state index in [1.165, 1.54) is 0 Å². The largest absolute Gasteiger partial charge is 0.378 e. The fourth-order valence-corrected chi connectivity index (χ4v) is 2.08. The normalized spacial score (nSPS) is 30.2. The summed E-state index contributed by atoms with van der Waals surface area (Å²) in [6, 6.07) is 0.165. The molecule has 1 amide bonds. The van der Waals surface area contributed by atoms with Crippen LogP contribution < -0.4 is 10.6 Å². The molecule has 16 heavy (non-hydrogen) atoms. The predicted octanol–water partition coefficient (Wildman–Crippen LogP) is -0.340. The Labute approximate surface area is 95.9 Å². The lowest BCUT2D eigenvalue weighted by atomic mass is 10.2. The molecule has 2 unspecified atom stereocenters. The van der Waals surface area contributed by atoms with E-state index in [1.807, 2.05) is 0 Å². The van der Waals surface area contributed by atoms with Gasteiger partial charge in [-0.15, -0.1) is 0 Å². The van der Waals surface area contributed by atoms with Crippen molar-refractivity contribution in [2.24, 2.45) is 0 Å². The fraction of sp³-hybridized carbons (Fsp3) is 0.909. The molecule has 0 spiro atoms. The maximum atomic E-state index is 11.6. The highest BCUT2D eigenvalue weighted by atomic mass is 16.5. The smallest absolute Gasteiger partial charge is 0.221 e. The second-order valence-corrected chi connectivity index (χ2v) is 4.37. The summed E-state index contributed by atoms with van der Waals surface area (Å²) in [7, 11) is 0. The number of nitrogens with one attached hydrogen (secondary N) is 2. The summed E-state index contributed by atoms with van der Waals surface area (Å²) in [6.07, 6.45) is 2.88. The van der Waals surface area contributed by atoms with E-state index >= 15 is 0 Å². The van der Waals surface area contributed by atoms with E-state index in [2.05, 4.69) is 10.6 Å². The molecule has 0 bridgehead atoms. The van der Waals surface area contributed by atoms with E-state index in [9.17, 15) is 4.79 Å². The Hall–Kier alpha value is -0.650. The zero-order chi connectivity index (χ0) is 11.2. The van der Waals surface area contributed by atoms with E-state index in [0.717, 1.165) is 32.6 Å². The lowest BCUT2D eigenvalue weighted by Gasteiger charge is -2.23. The number of carbonyl (C=O) groups is 1. The van der Waals surface area contributed by atoms with Crippen molar-refractivity contribution in [1.29, 1.82) is 0 Å². The molecule has 2 saturated heterocycles. The third-order valence-corrected chi connectivity index (χ3v) is 2.98. The first-order valence-electron chi connectivity index (χ1n) is 6.04. The lowest BCUT2D eigenvalue weighted by Crippen LogP contribution is -2.45. The quantitative estimate of drug-likeness (QED) is 0.691. The summed E-state index contributed by atoms with van der Waals surface area (Å²) >= 11 is 0. The summed E-state index contributed by atoms with van der Waals surface area (Å²) in [4.78, 5) is 11.6. The lowest BCUT2D eigenvalue weighted by molar-refractivity contribution is -0.122. The summed E-state index contributed by atoms with van der Waals surface area (Å²) in [5, 5.41) is 6.17. The van der Waals surface area contributed by atoms with Crippen molar-refractivity contribution in [1.82, 2.24) is 10.6 Å². The first-order chi connectivity index (χ1) is 7.84. The fourth-order valence-electron chi connectivity index (χ4n) is 2.08.